The van der Waals surface area contributed by atoms with Crippen LogP contribution in [-0.4, -0.2) is 26.6 Å². The molecule has 0 radical (unpaired) electrons. The van der Waals surface area contributed by atoms with E-state index >= 15 is 0 Å². The number of halogens is 1. The summed E-state index contributed by atoms with van der Waals surface area (Å²) < 4.78 is 25.4. The average Bonchev–Trinajstić information content (AvgIpc) is 2.12. The maximum Gasteiger partial charge on any atom is 0.211 e. The Balaban J connectivity index is 4.00. The number of hydrogen-bond donors (Lipinski definition) is 1. The lowest BCUT2D eigenvalue weighted by Gasteiger charge is -2.21. The number of sulfonamides is 1. The molecule has 0 aliphatic heterocycles. The van der Waals surface area contributed by atoms with Crippen molar-refractivity contribution in [1.29, 1.82) is 0 Å². The van der Waals surface area contributed by atoms with Gasteiger partial charge in [0.05, 0.1) is 5.75 Å². The first-order valence-electron chi connectivity index (χ1n) is 4.86. The highest BCUT2D eigenvalue weighted by molar-refractivity contribution is 7.89. The third kappa shape index (κ3) is 6.62. The van der Waals surface area contributed by atoms with E-state index in [9.17, 15) is 8.42 Å². The molecule has 86 valence electrons. The van der Waals surface area contributed by atoms with Crippen LogP contribution in [-0.2, 0) is 10.0 Å². The van der Waals surface area contributed by atoms with E-state index in [-0.39, 0.29) is 11.2 Å². The third-order valence-corrected chi connectivity index (χ3v) is 4.03. The van der Waals surface area contributed by atoms with Gasteiger partial charge >= 0.3 is 0 Å². The Bertz CT molecular complexity index is 250. The van der Waals surface area contributed by atoms with Crippen molar-refractivity contribution in [1.82, 2.24) is 4.72 Å². The molecule has 0 spiro atoms. The van der Waals surface area contributed by atoms with Gasteiger partial charge in [0.25, 0.3) is 0 Å². The van der Waals surface area contributed by atoms with E-state index in [0.717, 1.165) is 6.42 Å². The smallest absolute Gasteiger partial charge is 0.211 e. The van der Waals surface area contributed by atoms with Gasteiger partial charge in [-0.3, -0.25) is 0 Å². The van der Waals surface area contributed by atoms with Crippen LogP contribution in [0.3, 0.4) is 0 Å². The Kier molecular flexibility index (Phi) is 6.02. The normalized spacial score (nSPS) is 13.1. The maximum atomic E-state index is 11.4. The summed E-state index contributed by atoms with van der Waals surface area (Å²) >= 11 is 5.69. The number of nitrogens with one attached hydrogen (secondary N) is 1. The summed E-state index contributed by atoms with van der Waals surface area (Å²) in [5.41, 5.74) is -0.180. The molecule has 0 rings (SSSR count). The van der Waals surface area contributed by atoms with E-state index < -0.39 is 10.0 Å². The molecule has 0 aliphatic carbocycles. The predicted octanol–water partition coefficient (Wildman–Crippen LogP) is 1.97. The number of hydrogen-bond acceptors (Lipinski definition) is 2. The van der Waals surface area contributed by atoms with Crippen molar-refractivity contribution in [3.63, 3.8) is 0 Å². The van der Waals surface area contributed by atoms with Gasteiger partial charge in [-0.25, -0.2) is 13.1 Å². The molecule has 0 amide bonds. The van der Waals surface area contributed by atoms with Crippen molar-refractivity contribution in [2.24, 2.45) is 5.41 Å². The highest BCUT2D eigenvalue weighted by Gasteiger charge is 2.19. The molecule has 0 aliphatic rings. The minimum atomic E-state index is -3.10. The Labute approximate surface area is 92.3 Å². The second-order valence-corrected chi connectivity index (χ2v) is 6.49. The lowest BCUT2D eigenvalue weighted by molar-refractivity contribution is 0.414. The van der Waals surface area contributed by atoms with Gasteiger partial charge < -0.3 is 0 Å². The first-order valence-corrected chi connectivity index (χ1v) is 7.05. The molecular weight excluding hydrogens is 222 g/mol. The van der Waals surface area contributed by atoms with Crippen LogP contribution in [0.1, 0.15) is 33.6 Å². The predicted molar refractivity (Wildman–Crippen MR) is 61.2 cm³/mol. The summed E-state index contributed by atoms with van der Waals surface area (Å²) in [6.07, 6.45) is 1.59. The summed E-state index contributed by atoms with van der Waals surface area (Å²) in [5, 5.41) is 0. The largest absolute Gasteiger partial charge is 0.215 e. The fraction of sp³-hybridized carbons (Fsp3) is 1.00. The minimum Gasteiger partial charge on any atom is -0.215 e. The van der Waals surface area contributed by atoms with Crippen molar-refractivity contribution < 1.29 is 8.42 Å². The molecule has 0 fully saturated rings. The van der Waals surface area contributed by atoms with Gasteiger partial charge in [-0.15, -0.1) is 11.6 Å². The van der Waals surface area contributed by atoms with Crippen molar-refractivity contribution in [2.45, 2.75) is 33.6 Å². The van der Waals surface area contributed by atoms with Crippen molar-refractivity contribution in [3.8, 4) is 0 Å². The van der Waals surface area contributed by atoms with E-state index in [1.165, 1.54) is 0 Å². The molecule has 0 aromatic carbocycles. The lowest BCUT2D eigenvalue weighted by Crippen LogP contribution is -2.36. The zero-order valence-corrected chi connectivity index (χ0v) is 10.7. The first kappa shape index (κ1) is 14.2. The molecule has 0 saturated carbocycles. The summed E-state index contributed by atoms with van der Waals surface area (Å²) in [5.74, 6) is 0.658. The second kappa shape index (κ2) is 5.93. The van der Waals surface area contributed by atoms with Gasteiger partial charge in [0.15, 0.2) is 0 Å². The van der Waals surface area contributed by atoms with Crippen molar-refractivity contribution in [2.75, 3.05) is 18.2 Å². The van der Waals surface area contributed by atoms with E-state index in [0.29, 0.717) is 18.8 Å². The van der Waals surface area contributed by atoms with E-state index in [4.69, 9.17) is 11.6 Å². The number of rotatable bonds is 7. The number of unbranched alkanes of at least 4 members (excludes halogenated alkanes) is 1. The summed E-state index contributed by atoms with van der Waals surface area (Å²) in [6.45, 7) is 6.24. The van der Waals surface area contributed by atoms with Gasteiger partial charge in [-0.1, -0.05) is 27.2 Å². The molecule has 0 unspecified atom stereocenters. The van der Waals surface area contributed by atoms with Crippen LogP contribution in [0.5, 0.6) is 0 Å². The average molecular weight is 242 g/mol. The molecule has 0 heterocycles. The topological polar surface area (TPSA) is 46.2 Å². The molecule has 0 bridgehead atoms. The molecule has 1 N–H and O–H groups in total. The summed E-state index contributed by atoms with van der Waals surface area (Å²) in [6, 6.07) is 0. The fourth-order valence-corrected chi connectivity index (χ4v) is 2.28. The van der Waals surface area contributed by atoms with Crippen LogP contribution in [0.25, 0.3) is 0 Å². The second-order valence-electron chi connectivity index (χ2n) is 4.29. The van der Waals surface area contributed by atoms with Crippen LogP contribution in [0.15, 0.2) is 0 Å². The monoisotopic (exact) mass is 241 g/mol. The van der Waals surface area contributed by atoms with E-state index in [1.807, 2.05) is 20.8 Å². The van der Waals surface area contributed by atoms with Crippen LogP contribution in [0.4, 0.5) is 0 Å². The fourth-order valence-electron chi connectivity index (χ4n) is 0.759. The molecule has 3 nitrogen and oxygen atoms in total. The zero-order valence-electron chi connectivity index (χ0n) is 9.14. The summed E-state index contributed by atoms with van der Waals surface area (Å²) in [4.78, 5) is 0. The van der Waals surface area contributed by atoms with Crippen LogP contribution >= 0.6 is 11.6 Å². The molecule has 14 heavy (non-hydrogen) atoms. The quantitative estimate of drug-likeness (QED) is 0.693. The molecule has 0 aromatic rings. The lowest BCUT2D eigenvalue weighted by atomic mass is 9.97. The Morgan fingerprint density at radius 2 is 1.93 bits per heavy atom. The molecule has 0 atom stereocenters. The first-order chi connectivity index (χ1) is 6.33. The Morgan fingerprint density at radius 1 is 1.36 bits per heavy atom. The molecule has 0 aromatic heterocycles. The highest BCUT2D eigenvalue weighted by Crippen LogP contribution is 2.15. The van der Waals surface area contributed by atoms with Gasteiger partial charge in [0, 0.05) is 12.4 Å². The maximum absolute atomic E-state index is 11.4. The van der Waals surface area contributed by atoms with Gasteiger partial charge in [0.1, 0.15) is 0 Å². The standard InChI is InChI=1S/C9H20ClNO2S/c1-4-5-6-14(12,13)11-8-9(2,3)7-10/h11H,4-8H2,1-3H3. The highest BCUT2D eigenvalue weighted by atomic mass is 35.5. The molecular formula is C9H20ClNO2S. The van der Waals surface area contributed by atoms with Crippen LogP contribution in [0, 0.1) is 5.41 Å². The molecule has 5 heteroatoms. The van der Waals surface area contributed by atoms with Gasteiger partial charge in [0.2, 0.25) is 10.0 Å². The minimum absolute atomic E-state index is 0.180. The molecule has 0 saturated heterocycles. The number of alkyl halides is 1. The van der Waals surface area contributed by atoms with Crippen LogP contribution < -0.4 is 4.72 Å². The van der Waals surface area contributed by atoms with Crippen LogP contribution in [0.2, 0.25) is 0 Å². The van der Waals surface area contributed by atoms with Gasteiger partial charge in [-0.05, 0) is 11.8 Å². The van der Waals surface area contributed by atoms with Gasteiger partial charge in [-0.2, -0.15) is 0 Å². The Hall–Kier alpha value is 0.200. The third-order valence-electron chi connectivity index (χ3n) is 1.90. The Morgan fingerprint density at radius 3 is 2.36 bits per heavy atom. The van der Waals surface area contributed by atoms with E-state index in [2.05, 4.69) is 4.72 Å². The van der Waals surface area contributed by atoms with Crippen molar-refractivity contribution in [3.05, 3.63) is 0 Å². The SMILES string of the molecule is CCCCS(=O)(=O)NCC(C)(C)CCl. The summed E-state index contributed by atoms with van der Waals surface area (Å²) in [7, 11) is -3.10. The van der Waals surface area contributed by atoms with E-state index in [1.54, 1.807) is 0 Å². The van der Waals surface area contributed by atoms with Crippen molar-refractivity contribution >= 4 is 21.6 Å². The zero-order chi connectivity index (χ0) is 11.2.